The molecule has 1 aromatic heterocycles. The van der Waals surface area contributed by atoms with Crippen molar-refractivity contribution in [2.45, 2.75) is 190 Å². The number of alkyl carbamates (subject to hydrolysis) is 1. The van der Waals surface area contributed by atoms with Crippen LogP contribution >= 0.6 is 0 Å². The second kappa shape index (κ2) is 42.7. The SMILES string of the molecule is CC(C)=CC[C@H](NC(=O)[C@H](CCCNC(=N)N)NC(=O)[C@H](Cc1cc2ccccc2[nH]1)NC(=O)[C@H](C)NC(=O)[C@@H]1CCC[C@H](NC(=O)CNC(=O)OCC2c3ccccc3-c3ccccc32)C(=O)N[C@@H](CC=C(C)C)C(=O)N[C@@H](CO)C(=O)N[C@@H](CC(=O)O)C(=O)N2CCCC2C(=O)N[C@@H](CCCNC(=N)N)C(=O)N1)C(N)=O. The monoisotopic (exact) mass is 1570 g/mol. The Labute approximate surface area is 652 Å². The summed E-state index contributed by atoms with van der Waals surface area (Å²) in [7, 11) is 0. The van der Waals surface area contributed by atoms with Crippen LogP contribution in [0.1, 0.15) is 134 Å². The second-order valence-electron chi connectivity index (χ2n) is 28.4. The first-order chi connectivity index (χ1) is 53.8. The number of para-hydroxylation sites is 1. The molecule has 1 unspecified atom stereocenters. The van der Waals surface area contributed by atoms with E-state index in [1.54, 1.807) is 70.2 Å². The van der Waals surface area contributed by atoms with Gasteiger partial charge in [0.05, 0.1) is 13.0 Å². The Kier molecular flexibility index (Phi) is 33.1. The number of hydrogen-bond acceptors (Lipinski definition) is 18. The number of nitrogens with zero attached hydrogens (tertiary/aromatic N) is 1. The van der Waals surface area contributed by atoms with E-state index < -0.39 is 188 Å². The van der Waals surface area contributed by atoms with Crippen LogP contribution in [0.15, 0.2) is 102 Å². The molecule has 1 aliphatic carbocycles. The molecule has 0 saturated carbocycles. The molecule has 4 aromatic rings. The number of H-pyrrole nitrogens is 1. The van der Waals surface area contributed by atoms with E-state index >= 15 is 9.59 Å². The fourth-order valence-corrected chi connectivity index (χ4v) is 13.2. The number of aromatic amines is 1. The number of ether oxygens (including phenoxy) is 1. The van der Waals surface area contributed by atoms with E-state index in [0.29, 0.717) is 16.8 Å². The number of carboxylic acids is 1. The largest absolute Gasteiger partial charge is 0.481 e. The molecule has 0 bridgehead atoms. The van der Waals surface area contributed by atoms with Crippen LogP contribution in [0.5, 0.6) is 0 Å². The summed E-state index contributed by atoms with van der Waals surface area (Å²) in [5, 5.41) is 69.9. The summed E-state index contributed by atoms with van der Waals surface area (Å²) in [5.74, 6) is -14.8. The highest BCUT2D eigenvalue weighted by atomic mass is 16.5. The van der Waals surface area contributed by atoms with Crippen LogP contribution in [0.2, 0.25) is 0 Å². The van der Waals surface area contributed by atoms with Gasteiger partial charge < -0.3 is 111 Å². The molecule has 0 radical (unpaired) electrons. The van der Waals surface area contributed by atoms with E-state index in [-0.39, 0.29) is 102 Å². The number of aliphatic hydroxyl groups excluding tert-OH is 1. The van der Waals surface area contributed by atoms with Gasteiger partial charge in [0.2, 0.25) is 70.9 Å². The number of allylic oxidation sites excluding steroid dienone is 2. The average Bonchev–Trinajstić information content (AvgIpc) is 1.61. The number of nitrogens with two attached hydrogens (primary N) is 3. The Bertz CT molecular complexity index is 4150. The van der Waals surface area contributed by atoms with Crippen LogP contribution in [-0.2, 0) is 73.5 Å². The number of guanidine groups is 2. The predicted octanol–water partition coefficient (Wildman–Crippen LogP) is -1.52. The van der Waals surface area contributed by atoms with E-state index in [1.807, 2.05) is 48.5 Å². The zero-order valence-corrected chi connectivity index (χ0v) is 63.7. The van der Waals surface area contributed by atoms with E-state index in [4.69, 9.17) is 32.8 Å². The molecule has 3 aromatic carbocycles. The van der Waals surface area contributed by atoms with Crippen LogP contribution in [-0.4, -0.2) is 221 Å². The van der Waals surface area contributed by atoms with Crippen LogP contribution in [0, 0.1) is 10.8 Å². The van der Waals surface area contributed by atoms with E-state index in [0.717, 1.165) is 38.1 Å². The van der Waals surface area contributed by atoms with Gasteiger partial charge in [0.25, 0.3) is 0 Å². The Morgan fingerprint density at radius 2 is 1.22 bits per heavy atom. The maximum Gasteiger partial charge on any atom is 0.407 e. The number of benzene rings is 3. The van der Waals surface area contributed by atoms with Gasteiger partial charge in [0.15, 0.2) is 11.9 Å². The first kappa shape index (κ1) is 87.8. The third-order valence-corrected chi connectivity index (χ3v) is 19.1. The third kappa shape index (κ3) is 26.7. The van der Waals surface area contributed by atoms with Gasteiger partial charge in [-0.15, -0.1) is 0 Å². The normalized spacial score (nSPS) is 20.0. The second-order valence-corrected chi connectivity index (χ2v) is 28.4. The molecule has 24 N–H and O–H groups in total. The van der Waals surface area contributed by atoms with Gasteiger partial charge >= 0.3 is 12.1 Å². The first-order valence-electron chi connectivity index (χ1n) is 37.3. The highest BCUT2D eigenvalue weighted by Crippen LogP contribution is 2.44. The molecule has 3 aliphatic rings. The van der Waals surface area contributed by atoms with Gasteiger partial charge in [0, 0.05) is 43.2 Å². The molecule has 13 amide bonds. The maximum absolute atomic E-state index is 15.1. The molecule has 7 rings (SSSR count). The van der Waals surface area contributed by atoms with E-state index in [1.165, 1.54) is 6.92 Å². The Morgan fingerprint density at radius 1 is 0.637 bits per heavy atom. The number of aliphatic carboxylic acids is 1. The van der Waals surface area contributed by atoms with Gasteiger partial charge in [-0.2, -0.15) is 0 Å². The highest BCUT2D eigenvalue weighted by molar-refractivity contribution is 6.01. The summed E-state index contributed by atoms with van der Waals surface area (Å²) in [6, 6.07) is 6.48. The van der Waals surface area contributed by atoms with Crippen LogP contribution in [0.3, 0.4) is 0 Å². The lowest BCUT2D eigenvalue weighted by molar-refractivity contribution is -0.146. The Balaban J connectivity index is 1.22. The van der Waals surface area contributed by atoms with Crippen LogP contribution in [0.4, 0.5) is 4.79 Å². The molecule has 0 spiro atoms. The van der Waals surface area contributed by atoms with Crippen molar-refractivity contribution in [1.29, 1.82) is 10.8 Å². The number of rotatable bonds is 31. The highest BCUT2D eigenvalue weighted by Gasteiger charge is 2.42. The van der Waals surface area contributed by atoms with Crippen molar-refractivity contribution in [2.24, 2.45) is 17.2 Å². The van der Waals surface area contributed by atoms with Crippen LogP contribution in [0.25, 0.3) is 22.0 Å². The lowest BCUT2D eigenvalue weighted by Gasteiger charge is -2.31. The lowest BCUT2D eigenvalue weighted by Crippen LogP contribution is -2.61. The molecular formula is C76H104N20O17. The van der Waals surface area contributed by atoms with Crippen LogP contribution < -0.4 is 86.3 Å². The number of fused-ring (bicyclic) bond motifs is 5. The number of aromatic nitrogens is 1. The van der Waals surface area contributed by atoms with Crippen molar-refractivity contribution in [2.75, 3.05) is 39.4 Å². The molecule has 610 valence electrons. The number of primary amides is 1. The Morgan fingerprint density at radius 3 is 1.86 bits per heavy atom. The standard InChI is InChI=1S/C76H104N20O17/c1-40(2)27-29-51(63(77)101)88-67(105)54(24-13-31-82-74(78)79)90-70(108)57(35-44-34-43-16-6-11-21-50(43)86-44)93-64(102)42(5)85-65(103)53-23-12-22-52(87-61(98)37-84-76(112)113-39-49-47-19-9-7-17-45(47)46-18-8-10-20-48(46)49)66(104)91-56(30-28-41(3)4)69(107)95-59(38-97)71(109)94-58(36-62(99)100)73(111)96-33-15-26-60(96)72(110)92-55(68(106)89-53)25-14-32-83-75(80)81/h6-11,16-21,27-28,34,42,49,51-60,86,97H,12-15,22-26,29-33,35-39H2,1-5H3,(H2,77,101)(H,84,112)(H,85,103)(H,87,98)(H,88,105)(H,89,106)(H,90,108)(H,91,104)(H,92,110)(H,93,102)(H,94,109)(H,95,107)(H,99,100)(H4,78,79,82)(H4,80,81,83)/t42-,51-,52-,53-,54-,55-,56-,57-,58-,59-,60?/m0/s1. The summed E-state index contributed by atoms with van der Waals surface area (Å²) in [6.45, 7) is 6.01. The van der Waals surface area contributed by atoms with Gasteiger partial charge in [-0.3, -0.25) is 73.1 Å². The average molecular weight is 1570 g/mol. The molecule has 37 nitrogen and oxygen atoms in total. The molecule has 37 heteroatoms. The predicted molar refractivity (Wildman–Crippen MR) is 414 cm³/mol. The van der Waals surface area contributed by atoms with E-state index in [9.17, 15) is 67.7 Å². The van der Waals surface area contributed by atoms with Gasteiger partial charge in [-0.1, -0.05) is 90.0 Å². The summed E-state index contributed by atoms with van der Waals surface area (Å²) in [6.07, 6.45) is -0.599. The smallest absolute Gasteiger partial charge is 0.407 e. The van der Waals surface area contributed by atoms with E-state index in [2.05, 4.69) is 74.1 Å². The fourth-order valence-electron chi connectivity index (χ4n) is 13.2. The molecule has 2 aliphatic heterocycles. The van der Waals surface area contributed by atoms with Crippen molar-refractivity contribution in [1.82, 2.24) is 79.0 Å². The number of aliphatic hydroxyl groups is 1. The van der Waals surface area contributed by atoms with Crippen molar-refractivity contribution in [3.05, 3.63) is 119 Å². The molecule has 2 fully saturated rings. The molecule has 2 saturated heterocycles. The molecule has 3 heterocycles. The quantitative estimate of drug-likeness (QED) is 0.0118. The fraction of sp³-hybridized carbons (Fsp3) is 0.474. The summed E-state index contributed by atoms with van der Waals surface area (Å²) in [5.41, 5.74) is 23.1. The van der Waals surface area contributed by atoms with Crippen molar-refractivity contribution in [3.8, 4) is 11.1 Å². The summed E-state index contributed by atoms with van der Waals surface area (Å²) in [4.78, 5) is 203. The number of carboxylic acid groups (broad SMARTS) is 1. The number of amides is 13. The number of nitrogens with one attached hydrogen (secondary N) is 16. The van der Waals surface area contributed by atoms with Crippen molar-refractivity contribution >= 4 is 106 Å². The number of carbonyl (C=O) groups excluding carboxylic acids is 13. The zero-order chi connectivity index (χ0) is 82.6. The van der Waals surface area contributed by atoms with Crippen molar-refractivity contribution < 1.29 is 82.1 Å². The molecular weight excluding hydrogens is 1460 g/mol. The van der Waals surface area contributed by atoms with Gasteiger partial charge in [-0.25, -0.2) is 4.79 Å². The lowest BCUT2D eigenvalue weighted by atomic mass is 9.98. The summed E-state index contributed by atoms with van der Waals surface area (Å²) < 4.78 is 5.65. The topological polar surface area (TPSA) is 590 Å². The third-order valence-electron chi connectivity index (χ3n) is 19.1. The molecule has 113 heavy (non-hydrogen) atoms. The first-order valence-corrected chi connectivity index (χ1v) is 37.3. The number of carbonyl (C=O) groups is 14. The summed E-state index contributed by atoms with van der Waals surface area (Å²) >= 11 is 0. The number of hydrogen-bond donors (Lipinski definition) is 21. The van der Waals surface area contributed by atoms with Crippen molar-refractivity contribution in [3.63, 3.8) is 0 Å². The maximum atomic E-state index is 15.1. The minimum Gasteiger partial charge on any atom is -0.481 e. The minimum absolute atomic E-state index is 0.00970. The minimum atomic E-state index is -1.92. The molecule has 11 atom stereocenters. The van der Waals surface area contributed by atoms with Gasteiger partial charge in [0.1, 0.15) is 79.6 Å². The zero-order valence-electron chi connectivity index (χ0n) is 63.7. The van der Waals surface area contributed by atoms with Gasteiger partial charge in [-0.05, 0) is 145 Å². The Hall–Kier alpha value is -12.4.